The van der Waals surface area contributed by atoms with Crippen LogP contribution in [0.1, 0.15) is 15.9 Å². The van der Waals surface area contributed by atoms with Crippen molar-refractivity contribution in [2.45, 2.75) is 6.18 Å². The molecule has 0 radical (unpaired) electrons. The first-order valence-electron chi connectivity index (χ1n) is 10.0. The molecule has 13 heteroatoms. The maximum Gasteiger partial charge on any atom is 0.416 e. The van der Waals surface area contributed by atoms with Gasteiger partial charge in [0.2, 0.25) is 0 Å². The number of nitrogens with one attached hydrogen (secondary N) is 4. The summed E-state index contributed by atoms with van der Waals surface area (Å²) in [5.41, 5.74) is 2.26. The third-order valence-electron chi connectivity index (χ3n) is 4.92. The molecular weight excluding hydrogens is 483 g/mol. The highest BCUT2D eigenvalue weighted by Gasteiger charge is 2.30. The molecule has 5 rings (SSSR count). The van der Waals surface area contributed by atoms with Gasteiger partial charge in [-0.1, -0.05) is 16.6 Å². The second-order valence-electron chi connectivity index (χ2n) is 7.35. The van der Waals surface area contributed by atoms with E-state index < -0.39 is 17.8 Å². The molecular formula is C22H14F3N7O2S. The minimum Gasteiger partial charge on any atom is -0.322 e. The number of hydrogen-bond acceptors (Lipinski definition) is 6. The van der Waals surface area contributed by atoms with E-state index in [4.69, 9.17) is 0 Å². The number of thiazole rings is 1. The summed E-state index contributed by atoms with van der Waals surface area (Å²) < 4.78 is 38.7. The summed E-state index contributed by atoms with van der Waals surface area (Å²) in [5, 5.41) is 18.4. The molecule has 5 aromatic rings. The van der Waals surface area contributed by atoms with Gasteiger partial charge in [0.1, 0.15) is 5.52 Å². The van der Waals surface area contributed by atoms with Crippen molar-refractivity contribution in [3.8, 4) is 0 Å². The summed E-state index contributed by atoms with van der Waals surface area (Å²) in [6, 6.07) is 13.5. The number of amides is 3. The first kappa shape index (κ1) is 22.3. The van der Waals surface area contributed by atoms with Crippen LogP contribution in [0, 0.1) is 0 Å². The third kappa shape index (κ3) is 4.89. The monoisotopic (exact) mass is 497 g/mol. The van der Waals surface area contributed by atoms with E-state index in [1.54, 1.807) is 36.4 Å². The number of halogens is 3. The Bertz CT molecular complexity index is 1560. The highest BCUT2D eigenvalue weighted by Crippen LogP contribution is 2.30. The number of benzene rings is 3. The maximum atomic E-state index is 12.7. The van der Waals surface area contributed by atoms with Crippen LogP contribution in [-0.4, -0.2) is 32.3 Å². The number of H-pyrrole nitrogens is 1. The Labute approximate surface area is 198 Å². The smallest absolute Gasteiger partial charge is 0.322 e. The molecule has 0 fully saturated rings. The summed E-state index contributed by atoms with van der Waals surface area (Å²) in [7, 11) is 0. The molecule has 0 bridgehead atoms. The first-order valence-corrected chi connectivity index (χ1v) is 10.8. The quantitative estimate of drug-likeness (QED) is 0.262. The average molecular weight is 497 g/mol. The van der Waals surface area contributed by atoms with Gasteiger partial charge in [-0.05, 0) is 60.7 Å². The number of nitrogens with zero attached hydrogens (tertiary/aromatic N) is 3. The van der Waals surface area contributed by atoms with Gasteiger partial charge < -0.3 is 10.6 Å². The zero-order valence-corrected chi connectivity index (χ0v) is 18.3. The van der Waals surface area contributed by atoms with Gasteiger partial charge in [-0.2, -0.15) is 13.2 Å². The molecule has 9 nitrogen and oxygen atoms in total. The number of hydrogen-bond donors (Lipinski definition) is 4. The largest absolute Gasteiger partial charge is 0.416 e. The first-order chi connectivity index (χ1) is 16.7. The van der Waals surface area contributed by atoms with Crippen LogP contribution in [0.25, 0.3) is 21.3 Å². The Morgan fingerprint density at radius 1 is 0.857 bits per heavy atom. The van der Waals surface area contributed by atoms with Gasteiger partial charge in [0.05, 0.1) is 21.3 Å². The van der Waals surface area contributed by atoms with Crippen LogP contribution in [0.4, 0.5) is 34.5 Å². The third-order valence-corrected chi connectivity index (χ3v) is 5.86. The minimum absolute atomic E-state index is 0.194. The van der Waals surface area contributed by atoms with Crippen molar-refractivity contribution in [1.82, 2.24) is 20.4 Å². The van der Waals surface area contributed by atoms with Gasteiger partial charge in [-0.3, -0.25) is 15.2 Å². The molecule has 0 aliphatic heterocycles. The van der Waals surface area contributed by atoms with Gasteiger partial charge in [-0.15, -0.1) is 5.10 Å². The van der Waals surface area contributed by atoms with E-state index in [1.165, 1.54) is 0 Å². The fourth-order valence-electron chi connectivity index (χ4n) is 3.24. The number of anilines is 3. The Hall–Kier alpha value is -4.52. The molecule has 3 aromatic carbocycles. The molecule has 0 atom stereocenters. The number of urea groups is 1. The lowest BCUT2D eigenvalue weighted by atomic mass is 10.2. The van der Waals surface area contributed by atoms with E-state index in [0.29, 0.717) is 27.0 Å². The Morgan fingerprint density at radius 3 is 2.40 bits per heavy atom. The highest BCUT2D eigenvalue weighted by atomic mass is 32.1. The van der Waals surface area contributed by atoms with Gasteiger partial charge in [0.15, 0.2) is 5.13 Å². The number of fused-ring (bicyclic) bond motifs is 2. The van der Waals surface area contributed by atoms with Crippen LogP contribution in [0.5, 0.6) is 0 Å². The van der Waals surface area contributed by atoms with E-state index in [-0.39, 0.29) is 16.7 Å². The molecule has 0 saturated carbocycles. The molecule has 2 heterocycles. The van der Waals surface area contributed by atoms with Crippen molar-refractivity contribution < 1.29 is 22.8 Å². The van der Waals surface area contributed by atoms with Crippen molar-refractivity contribution in [3.05, 3.63) is 71.8 Å². The Morgan fingerprint density at radius 2 is 1.63 bits per heavy atom. The summed E-state index contributed by atoms with van der Waals surface area (Å²) in [6.45, 7) is 0. The average Bonchev–Trinajstić information content (AvgIpc) is 3.44. The number of aromatic amines is 1. The van der Waals surface area contributed by atoms with Crippen LogP contribution in [0.3, 0.4) is 0 Å². The van der Waals surface area contributed by atoms with Crippen LogP contribution in [0.2, 0.25) is 0 Å². The predicted octanol–water partition coefficient (Wildman–Crippen LogP) is 5.48. The molecule has 0 aliphatic rings. The molecule has 35 heavy (non-hydrogen) atoms. The molecule has 3 amide bonds. The summed E-state index contributed by atoms with van der Waals surface area (Å²) in [6.07, 6.45) is -4.46. The standard InChI is InChI=1S/C22H14F3N7O2S/c23-22(24,25)12-2-4-13(5-3-12)27-20(34)29-21-28-16-7-1-11(9-18(16)35-21)19(33)26-14-6-8-15-17(10-14)31-32-30-15/h1-10H,(H,26,33)(H,30,31,32)(H2,27,28,29,34). The van der Waals surface area contributed by atoms with Crippen molar-refractivity contribution in [3.63, 3.8) is 0 Å². The minimum atomic E-state index is -4.46. The number of carbonyl (C=O) groups is 2. The molecule has 0 saturated heterocycles. The molecule has 2 aromatic heterocycles. The van der Waals surface area contributed by atoms with Crippen molar-refractivity contribution >= 4 is 61.0 Å². The Balaban J connectivity index is 1.25. The van der Waals surface area contributed by atoms with Crippen molar-refractivity contribution in [2.75, 3.05) is 16.0 Å². The van der Waals surface area contributed by atoms with Crippen LogP contribution >= 0.6 is 11.3 Å². The van der Waals surface area contributed by atoms with Crippen molar-refractivity contribution in [1.29, 1.82) is 0 Å². The second-order valence-corrected chi connectivity index (χ2v) is 8.38. The molecule has 0 aliphatic carbocycles. The predicted molar refractivity (Wildman–Crippen MR) is 126 cm³/mol. The van der Waals surface area contributed by atoms with E-state index in [9.17, 15) is 22.8 Å². The van der Waals surface area contributed by atoms with Gasteiger partial charge >= 0.3 is 12.2 Å². The van der Waals surface area contributed by atoms with E-state index >= 15 is 0 Å². The van der Waals surface area contributed by atoms with Gasteiger partial charge in [0.25, 0.3) is 5.91 Å². The number of aromatic nitrogens is 4. The topological polar surface area (TPSA) is 125 Å². The highest BCUT2D eigenvalue weighted by molar-refractivity contribution is 7.22. The summed E-state index contributed by atoms with van der Waals surface area (Å²) >= 11 is 1.15. The second kappa shape index (κ2) is 8.68. The Kier molecular flexibility index (Phi) is 5.53. The number of carbonyl (C=O) groups excluding carboxylic acids is 2. The zero-order valence-electron chi connectivity index (χ0n) is 17.5. The van der Waals surface area contributed by atoms with Gasteiger partial charge in [0, 0.05) is 16.9 Å². The molecule has 176 valence electrons. The SMILES string of the molecule is O=C(Nc1ccc(C(F)(F)F)cc1)Nc1nc2ccc(C(=O)Nc3ccc4[nH]nnc4c3)cc2s1. The fraction of sp³-hybridized carbons (Fsp3) is 0.0455. The van der Waals surface area contributed by atoms with Crippen LogP contribution in [0.15, 0.2) is 60.7 Å². The van der Waals surface area contributed by atoms with Crippen LogP contribution < -0.4 is 16.0 Å². The summed E-state index contributed by atoms with van der Waals surface area (Å²) in [5.74, 6) is -0.335. The zero-order chi connectivity index (χ0) is 24.6. The molecule has 0 spiro atoms. The lowest BCUT2D eigenvalue weighted by Crippen LogP contribution is -2.19. The van der Waals surface area contributed by atoms with Crippen LogP contribution in [-0.2, 0) is 6.18 Å². The van der Waals surface area contributed by atoms with Gasteiger partial charge in [-0.25, -0.2) is 9.78 Å². The summed E-state index contributed by atoms with van der Waals surface area (Å²) in [4.78, 5) is 29.2. The lowest BCUT2D eigenvalue weighted by Gasteiger charge is -2.08. The van der Waals surface area contributed by atoms with E-state index in [2.05, 4.69) is 36.3 Å². The normalized spacial score (nSPS) is 11.5. The number of alkyl halides is 3. The fourth-order valence-corrected chi connectivity index (χ4v) is 4.14. The molecule has 0 unspecified atom stereocenters. The van der Waals surface area contributed by atoms with E-state index in [1.807, 2.05) is 0 Å². The number of rotatable bonds is 4. The lowest BCUT2D eigenvalue weighted by molar-refractivity contribution is -0.137. The van der Waals surface area contributed by atoms with Crippen molar-refractivity contribution in [2.24, 2.45) is 0 Å². The van der Waals surface area contributed by atoms with E-state index in [0.717, 1.165) is 41.1 Å². The maximum absolute atomic E-state index is 12.7. The molecule has 4 N–H and O–H groups in total.